The van der Waals surface area contributed by atoms with Crippen molar-refractivity contribution in [3.63, 3.8) is 0 Å². The van der Waals surface area contributed by atoms with Gasteiger partial charge in [-0.15, -0.1) is 0 Å². The van der Waals surface area contributed by atoms with Crippen molar-refractivity contribution in [2.45, 2.75) is 13.8 Å². The number of methoxy groups -OCH3 is 1. The monoisotopic (exact) mass is 413 g/mol. The lowest BCUT2D eigenvalue weighted by molar-refractivity contribution is -0.883. The third kappa shape index (κ3) is 6.98. The molecule has 0 saturated carbocycles. The van der Waals surface area contributed by atoms with Gasteiger partial charge in [0.2, 0.25) is 5.91 Å². The van der Waals surface area contributed by atoms with Crippen molar-refractivity contribution in [2.24, 2.45) is 5.73 Å². The lowest BCUT2D eigenvalue weighted by atomic mass is 10.1. The van der Waals surface area contributed by atoms with Crippen LogP contribution in [0.5, 0.6) is 0 Å². The zero-order chi connectivity index (χ0) is 22.1. The van der Waals surface area contributed by atoms with E-state index in [1.807, 2.05) is 32.0 Å². The van der Waals surface area contributed by atoms with E-state index in [0.717, 1.165) is 21.7 Å². The smallest absolute Gasteiger partial charge is 0.279 e. The van der Waals surface area contributed by atoms with Crippen molar-refractivity contribution in [2.75, 3.05) is 44.0 Å². The van der Waals surface area contributed by atoms with Crippen LogP contribution < -0.4 is 21.3 Å². The molecule has 0 aliphatic heterocycles. The number of primary amides is 1. The third-order valence-corrected chi connectivity index (χ3v) is 4.81. The fraction of sp³-hybridized carbons (Fsp3) is 0.318. The SMILES string of the molecule is COCC[NH+](CC(=O)Nc1ccc(C(N)=O)cc1)CC(=O)Nc1cccc(C)c1C. The van der Waals surface area contributed by atoms with Gasteiger partial charge in [-0.2, -0.15) is 0 Å². The summed E-state index contributed by atoms with van der Waals surface area (Å²) >= 11 is 0. The predicted octanol–water partition coefficient (Wildman–Crippen LogP) is 0.511. The summed E-state index contributed by atoms with van der Waals surface area (Å²) in [5, 5.41) is 5.69. The predicted molar refractivity (Wildman–Crippen MR) is 116 cm³/mol. The third-order valence-electron chi connectivity index (χ3n) is 4.81. The van der Waals surface area contributed by atoms with Gasteiger partial charge in [0.1, 0.15) is 6.54 Å². The lowest BCUT2D eigenvalue weighted by Crippen LogP contribution is -3.14. The number of rotatable bonds is 10. The molecule has 0 saturated heterocycles. The average Bonchev–Trinajstić information content (AvgIpc) is 2.70. The Morgan fingerprint density at radius 3 is 2.20 bits per heavy atom. The molecule has 1 unspecified atom stereocenters. The normalized spacial score (nSPS) is 11.6. The largest absolute Gasteiger partial charge is 0.379 e. The van der Waals surface area contributed by atoms with E-state index in [9.17, 15) is 14.4 Å². The van der Waals surface area contributed by atoms with Crippen molar-refractivity contribution in [1.82, 2.24) is 0 Å². The minimum atomic E-state index is -0.530. The van der Waals surface area contributed by atoms with Crippen molar-refractivity contribution in [3.8, 4) is 0 Å². The summed E-state index contributed by atoms with van der Waals surface area (Å²) in [6.45, 7) is 5.10. The van der Waals surface area contributed by atoms with E-state index in [2.05, 4.69) is 10.6 Å². The van der Waals surface area contributed by atoms with E-state index in [0.29, 0.717) is 24.4 Å². The summed E-state index contributed by atoms with van der Waals surface area (Å²) < 4.78 is 5.11. The number of nitrogens with two attached hydrogens (primary N) is 1. The minimum Gasteiger partial charge on any atom is -0.379 e. The first kappa shape index (κ1) is 23.1. The number of quaternary nitrogens is 1. The molecule has 0 spiro atoms. The highest BCUT2D eigenvalue weighted by Gasteiger charge is 2.19. The Hall–Kier alpha value is -3.23. The molecule has 160 valence electrons. The van der Waals surface area contributed by atoms with Crippen molar-refractivity contribution in [3.05, 3.63) is 59.2 Å². The minimum absolute atomic E-state index is 0.0984. The molecule has 2 aromatic carbocycles. The summed E-state index contributed by atoms with van der Waals surface area (Å²) in [7, 11) is 1.58. The topological polar surface area (TPSA) is 115 Å². The van der Waals surface area contributed by atoms with Crippen LogP contribution in [0.2, 0.25) is 0 Å². The van der Waals surface area contributed by atoms with Gasteiger partial charge in [0.25, 0.3) is 11.8 Å². The molecule has 2 aromatic rings. The maximum absolute atomic E-state index is 12.5. The fourth-order valence-electron chi connectivity index (χ4n) is 2.94. The fourth-order valence-corrected chi connectivity index (χ4v) is 2.94. The van der Waals surface area contributed by atoms with E-state index >= 15 is 0 Å². The number of hydrogen-bond acceptors (Lipinski definition) is 4. The molecule has 2 rings (SSSR count). The van der Waals surface area contributed by atoms with E-state index < -0.39 is 5.91 Å². The molecule has 8 heteroatoms. The second-order valence-corrected chi connectivity index (χ2v) is 7.13. The number of benzene rings is 2. The number of anilines is 2. The second-order valence-electron chi connectivity index (χ2n) is 7.13. The number of carbonyl (C=O) groups excluding carboxylic acids is 3. The van der Waals surface area contributed by atoms with Gasteiger partial charge in [-0.1, -0.05) is 12.1 Å². The number of ether oxygens (including phenoxy) is 1. The Morgan fingerprint density at radius 2 is 1.60 bits per heavy atom. The Kier molecular flexibility index (Phi) is 8.52. The zero-order valence-electron chi connectivity index (χ0n) is 17.6. The Labute approximate surface area is 176 Å². The van der Waals surface area contributed by atoms with Crippen LogP contribution >= 0.6 is 0 Å². The number of nitrogens with one attached hydrogen (secondary N) is 3. The molecule has 1 atom stereocenters. The standard InChI is InChI=1S/C22H28N4O4/c1-15-5-4-6-19(16(15)2)25-21(28)14-26(11-12-30-3)13-20(27)24-18-9-7-17(8-10-18)22(23)29/h4-10H,11-14H2,1-3H3,(H2,23,29)(H,24,27)(H,25,28)/p+1. The first-order valence-corrected chi connectivity index (χ1v) is 9.68. The molecule has 0 fully saturated rings. The molecular weight excluding hydrogens is 384 g/mol. The van der Waals surface area contributed by atoms with Gasteiger partial charge in [0.15, 0.2) is 13.1 Å². The van der Waals surface area contributed by atoms with Crippen molar-refractivity contribution < 1.29 is 24.0 Å². The van der Waals surface area contributed by atoms with Gasteiger partial charge >= 0.3 is 0 Å². The van der Waals surface area contributed by atoms with Gasteiger partial charge < -0.3 is 26.0 Å². The second kappa shape index (κ2) is 11.1. The molecule has 0 bridgehead atoms. The highest BCUT2D eigenvalue weighted by molar-refractivity contribution is 5.95. The van der Waals surface area contributed by atoms with E-state index in [1.165, 1.54) is 0 Å². The van der Waals surface area contributed by atoms with Crippen LogP contribution in [-0.4, -0.2) is 51.1 Å². The molecule has 0 aliphatic rings. The van der Waals surface area contributed by atoms with Crippen LogP contribution in [0.1, 0.15) is 21.5 Å². The van der Waals surface area contributed by atoms with Crippen LogP contribution in [0.3, 0.4) is 0 Å². The summed E-state index contributed by atoms with van der Waals surface area (Å²) in [4.78, 5) is 36.9. The molecule has 0 radical (unpaired) electrons. The van der Waals surface area contributed by atoms with E-state index in [1.54, 1.807) is 31.4 Å². The summed E-state index contributed by atoms with van der Waals surface area (Å²) in [5.74, 6) is -0.946. The number of aryl methyl sites for hydroxylation is 1. The summed E-state index contributed by atoms with van der Waals surface area (Å²) in [6.07, 6.45) is 0. The number of carbonyl (C=O) groups is 3. The summed E-state index contributed by atoms with van der Waals surface area (Å²) in [5.41, 5.74) is 9.01. The maximum Gasteiger partial charge on any atom is 0.279 e. The van der Waals surface area contributed by atoms with E-state index in [-0.39, 0.29) is 24.9 Å². The average molecular weight is 413 g/mol. The molecular formula is C22H29N4O4+. The van der Waals surface area contributed by atoms with Crippen LogP contribution in [0, 0.1) is 13.8 Å². The van der Waals surface area contributed by atoms with Crippen LogP contribution in [0.15, 0.2) is 42.5 Å². The maximum atomic E-state index is 12.5. The molecule has 3 amide bonds. The van der Waals surface area contributed by atoms with E-state index in [4.69, 9.17) is 10.5 Å². The molecule has 8 nitrogen and oxygen atoms in total. The molecule has 0 aliphatic carbocycles. The first-order valence-electron chi connectivity index (χ1n) is 9.68. The quantitative estimate of drug-likeness (QED) is 0.454. The molecule has 0 heterocycles. The highest BCUT2D eigenvalue weighted by Crippen LogP contribution is 2.17. The zero-order valence-corrected chi connectivity index (χ0v) is 17.6. The van der Waals surface area contributed by atoms with Gasteiger partial charge in [0, 0.05) is 24.0 Å². The van der Waals surface area contributed by atoms with Crippen molar-refractivity contribution in [1.29, 1.82) is 0 Å². The molecule has 30 heavy (non-hydrogen) atoms. The van der Waals surface area contributed by atoms with Crippen molar-refractivity contribution >= 4 is 29.1 Å². The van der Waals surface area contributed by atoms with Gasteiger partial charge in [0.05, 0.1) is 6.61 Å². The van der Waals surface area contributed by atoms with Crippen LogP contribution in [0.25, 0.3) is 0 Å². The highest BCUT2D eigenvalue weighted by atomic mass is 16.5. The van der Waals surface area contributed by atoms with Gasteiger partial charge in [-0.3, -0.25) is 14.4 Å². The Morgan fingerprint density at radius 1 is 0.967 bits per heavy atom. The first-order chi connectivity index (χ1) is 14.3. The Balaban J connectivity index is 1.96. The van der Waals surface area contributed by atoms with Crippen LogP contribution in [0.4, 0.5) is 11.4 Å². The molecule has 0 aromatic heterocycles. The number of amides is 3. The number of hydrogen-bond donors (Lipinski definition) is 4. The Bertz CT molecular complexity index is 897. The van der Waals surface area contributed by atoms with Crippen LogP contribution in [-0.2, 0) is 14.3 Å². The summed E-state index contributed by atoms with van der Waals surface area (Å²) in [6, 6.07) is 12.1. The van der Waals surface area contributed by atoms with Gasteiger partial charge in [-0.05, 0) is 55.3 Å². The lowest BCUT2D eigenvalue weighted by Gasteiger charge is -2.19. The van der Waals surface area contributed by atoms with Gasteiger partial charge in [-0.25, -0.2) is 0 Å². The molecule has 5 N–H and O–H groups in total.